The van der Waals surface area contributed by atoms with Crippen LogP contribution < -0.4 is 0 Å². The maximum Gasteiger partial charge on any atom is 0.373 e. The zero-order chi connectivity index (χ0) is 6.57. The van der Waals surface area contributed by atoms with E-state index in [9.17, 15) is 10.0 Å². The Morgan fingerprint density at radius 2 is 2.38 bits per heavy atom. The van der Waals surface area contributed by atoms with Gasteiger partial charge in [0, 0.05) is 0 Å². The van der Waals surface area contributed by atoms with Gasteiger partial charge in [0.15, 0.2) is 5.28 Å². The van der Waals surface area contributed by atoms with Crippen LogP contribution in [0.1, 0.15) is 0 Å². The number of hydrogen-bond donors (Lipinski definition) is 2. The van der Waals surface area contributed by atoms with Gasteiger partial charge in [-0.1, -0.05) is 0 Å². The first-order valence-corrected chi connectivity index (χ1v) is 1.68. The minimum absolute atomic E-state index is 0.345. The molecule has 2 N–H and O–H groups in total. The fraction of sp³-hybridized carbons (Fsp3) is 0.500. The quantitative estimate of drug-likeness (QED) is 0.289. The fourth-order valence-corrected chi connectivity index (χ4v) is 0.147. The first kappa shape index (κ1) is 6.67. The predicted octanol–water partition coefficient (Wildman–Crippen LogP) is -0.577. The second-order valence-electron chi connectivity index (χ2n) is 0.993. The van der Waals surface area contributed by atoms with Crippen molar-refractivity contribution in [2.75, 3.05) is 6.54 Å². The van der Waals surface area contributed by atoms with Crippen molar-refractivity contribution in [2.45, 2.75) is 0 Å². The summed E-state index contributed by atoms with van der Waals surface area (Å²) in [5.74, 6) is -1.34. The highest BCUT2D eigenvalue weighted by Crippen LogP contribution is 1.70. The molecule has 0 aliphatic heterocycles. The highest BCUT2D eigenvalue weighted by molar-refractivity contribution is 5.67. The molecule has 0 radical (unpaired) electrons. The second kappa shape index (κ2) is 2.78. The summed E-state index contributed by atoms with van der Waals surface area (Å²) in [5, 5.41) is 27.1. The molecule has 0 aromatic rings. The molecule has 0 aromatic carbocycles. The van der Waals surface area contributed by atoms with Crippen LogP contribution >= 0.6 is 0 Å². The van der Waals surface area contributed by atoms with E-state index in [0.717, 1.165) is 0 Å². The number of hydrogen-bond acceptors (Lipinski definition) is 3. The van der Waals surface area contributed by atoms with Gasteiger partial charge in [-0.25, -0.2) is 4.79 Å². The molecule has 0 rings (SSSR count). The Balaban J connectivity index is 3.56. The molecule has 0 atom stereocenters. The first-order chi connectivity index (χ1) is 3.66. The maximum absolute atomic E-state index is 9.74. The number of carboxylic acids is 1. The minimum atomic E-state index is -1.34. The van der Waals surface area contributed by atoms with Gasteiger partial charge in [0.05, 0.1) is 0 Å². The highest BCUT2D eigenvalue weighted by Gasteiger charge is 2.02. The molecule has 0 saturated carbocycles. The van der Waals surface area contributed by atoms with Crippen LogP contribution in [0.2, 0.25) is 0 Å². The van der Waals surface area contributed by atoms with Crippen LogP contribution in [0.15, 0.2) is 5.28 Å². The van der Waals surface area contributed by atoms with Crippen molar-refractivity contribution in [2.24, 2.45) is 5.28 Å². The topological polar surface area (TPSA) is 96.0 Å². The molecule has 8 heavy (non-hydrogen) atoms. The Hall–Kier alpha value is -1.33. The summed E-state index contributed by atoms with van der Waals surface area (Å²) in [5.41, 5.74) is 0. The Labute approximate surface area is 44.2 Å². The number of carboxylic acid groups (broad SMARTS) is 1. The fourth-order valence-electron chi connectivity index (χ4n) is 0.147. The zero-order valence-corrected chi connectivity index (χ0v) is 3.81. The Bertz CT molecular complexity index is 119. The summed E-state index contributed by atoms with van der Waals surface area (Å²) in [4.78, 5) is 9.21. The van der Waals surface area contributed by atoms with E-state index in [2.05, 4.69) is 0 Å². The lowest BCUT2D eigenvalue weighted by molar-refractivity contribution is -0.546. The monoisotopic (exact) mass is 120 g/mol. The van der Waals surface area contributed by atoms with Gasteiger partial charge in [-0.15, -0.1) is 0 Å². The average Bonchev–Trinajstić information content (AvgIpc) is 1.65. The number of hydroxylamine groups is 1. The average molecular weight is 120 g/mol. The van der Waals surface area contributed by atoms with Crippen LogP contribution in [-0.2, 0) is 4.79 Å². The Kier molecular flexibility index (Phi) is 2.32. The smallest absolute Gasteiger partial charge is 0.373 e. The number of aliphatic carboxylic acids is 1. The Morgan fingerprint density at radius 1 is 1.88 bits per heavy atom. The first-order valence-electron chi connectivity index (χ1n) is 1.68. The van der Waals surface area contributed by atoms with Crippen molar-refractivity contribution in [3.63, 3.8) is 0 Å². The van der Waals surface area contributed by atoms with Gasteiger partial charge < -0.3 is 15.5 Å². The summed E-state index contributed by atoms with van der Waals surface area (Å²) in [6.45, 7) is -0.837. The van der Waals surface area contributed by atoms with Crippen LogP contribution in [0.3, 0.4) is 0 Å². The number of nitrogens with zero attached hydrogens (tertiary/aromatic N) is 2. The van der Waals surface area contributed by atoms with Gasteiger partial charge in [-0.3, -0.25) is 0 Å². The molecule has 0 bridgehead atoms. The van der Waals surface area contributed by atoms with Gasteiger partial charge in [0.25, 0.3) is 6.54 Å². The van der Waals surface area contributed by atoms with Crippen molar-refractivity contribution in [3.05, 3.63) is 5.21 Å². The minimum Gasteiger partial charge on any atom is -0.597 e. The third-order valence-electron chi connectivity index (χ3n) is 0.370. The van der Waals surface area contributed by atoms with Crippen LogP contribution in [0.4, 0.5) is 0 Å². The van der Waals surface area contributed by atoms with Gasteiger partial charge in [0.1, 0.15) is 0 Å². The van der Waals surface area contributed by atoms with Crippen molar-refractivity contribution >= 4 is 5.97 Å². The van der Waals surface area contributed by atoms with E-state index < -0.39 is 12.5 Å². The summed E-state index contributed by atoms with van der Waals surface area (Å²) >= 11 is 0. The lowest BCUT2D eigenvalue weighted by Crippen LogP contribution is -2.12. The van der Waals surface area contributed by atoms with Gasteiger partial charge in [-0.2, -0.15) is 0 Å². The molecule has 6 nitrogen and oxygen atoms in total. The maximum atomic E-state index is 9.74. The van der Waals surface area contributed by atoms with Crippen LogP contribution in [0, 0.1) is 5.21 Å². The third-order valence-corrected chi connectivity index (χ3v) is 0.370. The van der Waals surface area contributed by atoms with Crippen molar-refractivity contribution in [1.82, 2.24) is 0 Å². The zero-order valence-electron chi connectivity index (χ0n) is 3.81. The third kappa shape index (κ3) is 2.88. The van der Waals surface area contributed by atoms with E-state index in [0.29, 0.717) is 0 Å². The summed E-state index contributed by atoms with van der Waals surface area (Å²) in [7, 11) is 0. The molecule has 0 amide bonds. The van der Waals surface area contributed by atoms with E-state index in [1.165, 1.54) is 0 Å². The van der Waals surface area contributed by atoms with Crippen LogP contribution in [0.25, 0.3) is 0 Å². The normalized spacial score (nSPS) is 11.2. The molecule has 0 aromatic heterocycles. The standard InChI is InChI=1S/C2H4N2O4/c5-2(6)1-4(8)3-7/h7H,1H2,(H,5,6). The molecular weight excluding hydrogens is 116 g/mol. The van der Waals surface area contributed by atoms with E-state index in [4.69, 9.17) is 10.3 Å². The van der Waals surface area contributed by atoms with Crippen molar-refractivity contribution in [1.29, 1.82) is 0 Å². The predicted molar refractivity (Wildman–Crippen MR) is 20.3 cm³/mol. The van der Waals surface area contributed by atoms with Crippen molar-refractivity contribution < 1.29 is 20.0 Å². The molecule has 46 valence electrons. The summed E-state index contributed by atoms with van der Waals surface area (Å²) < 4.78 is 0. The molecule has 0 saturated heterocycles. The molecule has 0 fully saturated rings. The van der Waals surface area contributed by atoms with Gasteiger partial charge in [0.2, 0.25) is 0 Å². The number of carbonyl (C=O) groups is 1. The second-order valence-corrected chi connectivity index (χ2v) is 0.993. The van der Waals surface area contributed by atoms with Gasteiger partial charge >= 0.3 is 5.97 Å². The van der Waals surface area contributed by atoms with Gasteiger partial charge in [-0.05, 0) is 4.86 Å². The molecule has 0 aliphatic carbocycles. The van der Waals surface area contributed by atoms with E-state index in [1.54, 1.807) is 0 Å². The van der Waals surface area contributed by atoms with E-state index in [-0.39, 0.29) is 4.86 Å². The summed E-state index contributed by atoms with van der Waals surface area (Å²) in [6, 6.07) is 0. The molecule has 0 heterocycles. The van der Waals surface area contributed by atoms with E-state index in [1.807, 2.05) is 5.28 Å². The SMILES string of the molecule is O=C(O)C[N+]([O-])=NO. The Morgan fingerprint density at radius 3 is 2.50 bits per heavy atom. The lowest BCUT2D eigenvalue weighted by atomic mass is 10.7. The highest BCUT2D eigenvalue weighted by atomic mass is 16.6. The molecule has 6 heteroatoms. The van der Waals surface area contributed by atoms with E-state index >= 15 is 0 Å². The molecule has 0 spiro atoms. The lowest BCUT2D eigenvalue weighted by Gasteiger charge is -1.89. The molecule has 0 aliphatic rings. The van der Waals surface area contributed by atoms with Crippen molar-refractivity contribution in [3.8, 4) is 0 Å². The molecular formula is C2H4N2O4. The van der Waals surface area contributed by atoms with Crippen LogP contribution in [-0.4, -0.2) is 27.7 Å². The number of rotatable bonds is 2. The van der Waals surface area contributed by atoms with Crippen LogP contribution in [0.5, 0.6) is 0 Å². The molecule has 0 unspecified atom stereocenters. The largest absolute Gasteiger partial charge is 0.597 e. The summed E-state index contributed by atoms with van der Waals surface area (Å²) in [6.07, 6.45) is 0.